The van der Waals surface area contributed by atoms with Gasteiger partial charge in [-0.05, 0) is 37.3 Å². The van der Waals surface area contributed by atoms with Crippen LogP contribution in [0.3, 0.4) is 0 Å². The van der Waals surface area contributed by atoms with Crippen LogP contribution in [0.4, 0.5) is 4.39 Å². The van der Waals surface area contributed by atoms with E-state index in [1.54, 1.807) is 12.1 Å². The van der Waals surface area contributed by atoms with Crippen LogP contribution in [0.1, 0.15) is 43.9 Å². The van der Waals surface area contributed by atoms with Crippen molar-refractivity contribution in [2.75, 3.05) is 0 Å². The molecule has 0 aliphatic heterocycles. The first-order chi connectivity index (χ1) is 7.00. The molecule has 0 heterocycles. The van der Waals surface area contributed by atoms with E-state index < -0.39 is 0 Å². The second-order valence-electron chi connectivity index (χ2n) is 4.60. The van der Waals surface area contributed by atoms with Crippen molar-refractivity contribution in [2.24, 2.45) is 11.7 Å². The highest BCUT2D eigenvalue weighted by molar-refractivity contribution is 5.25. The van der Waals surface area contributed by atoms with Crippen LogP contribution in [-0.2, 0) is 0 Å². The predicted molar refractivity (Wildman–Crippen MR) is 62.1 cm³/mol. The minimum Gasteiger partial charge on any atom is -0.324 e. The molecule has 1 aromatic rings. The molecule has 0 aromatic heterocycles. The Hall–Kier alpha value is -0.890. The van der Waals surface area contributed by atoms with Gasteiger partial charge in [0, 0.05) is 11.6 Å². The van der Waals surface area contributed by atoms with Crippen molar-refractivity contribution in [3.63, 3.8) is 0 Å². The van der Waals surface area contributed by atoms with E-state index in [0.717, 1.165) is 18.4 Å². The molecule has 0 bridgehead atoms. The SMILES string of the molecule is Cc1ccc(C(N)CCC(C)C)c(F)c1. The van der Waals surface area contributed by atoms with Gasteiger partial charge in [0.25, 0.3) is 0 Å². The maximum Gasteiger partial charge on any atom is 0.128 e. The highest BCUT2D eigenvalue weighted by Crippen LogP contribution is 2.21. The molecule has 0 fully saturated rings. The number of rotatable bonds is 4. The van der Waals surface area contributed by atoms with E-state index in [-0.39, 0.29) is 11.9 Å². The van der Waals surface area contributed by atoms with Gasteiger partial charge in [-0.1, -0.05) is 26.0 Å². The summed E-state index contributed by atoms with van der Waals surface area (Å²) in [6.45, 7) is 6.18. The van der Waals surface area contributed by atoms with Gasteiger partial charge in [0.2, 0.25) is 0 Å². The molecular weight excluding hydrogens is 189 g/mol. The Morgan fingerprint density at radius 3 is 2.47 bits per heavy atom. The molecule has 1 unspecified atom stereocenters. The summed E-state index contributed by atoms with van der Waals surface area (Å²) < 4.78 is 13.5. The maximum absolute atomic E-state index is 13.5. The van der Waals surface area contributed by atoms with Crippen molar-refractivity contribution < 1.29 is 4.39 Å². The lowest BCUT2D eigenvalue weighted by Gasteiger charge is -2.14. The molecule has 1 aromatic carbocycles. The van der Waals surface area contributed by atoms with Crippen LogP contribution in [0.15, 0.2) is 18.2 Å². The fourth-order valence-electron chi connectivity index (χ4n) is 1.60. The lowest BCUT2D eigenvalue weighted by Crippen LogP contribution is -2.13. The van der Waals surface area contributed by atoms with E-state index in [9.17, 15) is 4.39 Å². The highest BCUT2D eigenvalue weighted by Gasteiger charge is 2.11. The van der Waals surface area contributed by atoms with Gasteiger partial charge in [0.1, 0.15) is 5.82 Å². The summed E-state index contributed by atoms with van der Waals surface area (Å²) in [4.78, 5) is 0. The third-order valence-electron chi connectivity index (χ3n) is 2.61. The van der Waals surface area contributed by atoms with Crippen LogP contribution in [-0.4, -0.2) is 0 Å². The zero-order chi connectivity index (χ0) is 11.4. The molecule has 2 heteroatoms. The average Bonchev–Trinajstić information content (AvgIpc) is 2.14. The second kappa shape index (κ2) is 5.26. The van der Waals surface area contributed by atoms with Gasteiger partial charge in [0.15, 0.2) is 0 Å². The van der Waals surface area contributed by atoms with Crippen LogP contribution in [0.5, 0.6) is 0 Å². The molecule has 0 spiro atoms. The summed E-state index contributed by atoms with van der Waals surface area (Å²) in [7, 11) is 0. The first-order valence-corrected chi connectivity index (χ1v) is 5.52. The molecule has 0 aliphatic rings. The predicted octanol–water partition coefficient (Wildman–Crippen LogP) is 3.57. The van der Waals surface area contributed by atoms with Gasteiger partial charge in [0.05, 0.1) is 0 Å². The molecule has 15 heavy (non-hydrogen) atoms. The van der Waals surface area contributed by atoms with Gasteiger partial charge < -0.3 is 5.73 Å². The largest absolute Gasteiger partial charge is 0.324 e. The summed E-state index contributed by atoms with van der Waals surface area (Å²) in [6.07, 6.45) is 1.88. The fourth-order valence-corrected chi connectivity index (χ4v) is 1.60. The van der Waals surface area contributed by atoms with Gasteiger partial charge in [-0.25, -0.2) is 4.39 Å². The Kier molecular flexibility index (Phi) is 4.28. The van der Waals surface area contributed by atoms with E-state index in [4.69, 9.17) is 5.73 Å². The van der Waals surface area contributed by atoms with Gasteiger partial charge in [-0.15, -0.1) is 0 Å². The molecule has 1 atom stereocenters. The summed E-state index contributed by atoms with van der Waals surface area (Å²) in [5, 5.41) is 0. The van der Waals surface area contributed by atoms with Gasteiger partial charge in [-0.3, -0.25) is 0 Å². The molecule has 84 valence electrons. The van der Waals surface area contributed by atoms with E-state index in [1.807, 2.05) is 13.0 Å². The number of halogens is 1. The van der Waals surface area contributed by atoms with Crippen molar-refractivity contribution in [3.05, 3.63) is 35.1 Å². The highest BCUT2D eigenvalue weighted by atomic mass is 19.1. The molecule has 1 rings (SSSR count). The fraction of sp³-hybridized carbons (Fsp3) is 0.538. The van der Waals surface area contributed by atoms with Crippen LogP contribution in [0.2, 0.25) is 0 Å². The molecule has 1 nitrogen and oxygen atoms in total. The van der Waals surface area contributed by atoms with Crippen molar-refractivity contribution in [3.8, 4) is 0 Å². The summed E-state index contributed by atoms with van der Waals surface area (Å²) in [5.74, 6) is 0.441. The number of aryl methyl sites for hydroxylation is 1. The monoisotopic (exact) mass is 209 g/mol. The lowest BCUT2D eigenvalue weighted by atomic mass is 9.97. The minimum absolute atomic E-state index is 0.173. The zero-order valence-corrected chi connectivity index (χ0v) is 9.76. The molecule has 0 saturated carbocycles. The first-order valence-electron chi connectivity index (χ1n) is 5.52. The first kappa shape index (κ1) is 12.2. The smallest absolute Gasteiger partial charge is 0.128 e. The van der Waals surface area contributed by atoms with Crippen LogP contribution < -0.4 is 5.73 Å². The van der Waals surface area contributed by atoms with Crippen LogP contribution >= 0.6 is 0 Å². The number of nitrogens with two attached hydrogens (primary N) is 1. The van der Waals surface area contributed by atoms with E-state index >= 15 is 0 Å². The number of hydrogen-bond donors (Lipinski definition) is 1. The zero-order valence-electron chi connectivity index (χ0n) is 9.76. The summed E-state index contributed by atoms with van der Waals surface area (Å²) in [5.41, 5.74) is 7.53. The molecule has 2 N–H and O–H groups in total. The molecule has 0 saturated heterocycles. The Morgan fingerprint density at radius 2 is 1.93 bits per heavy atom. The average molecular weight is 209 g/mol. The molecular formula is C13H20FN. The Balaban J connectivity index is 2.69. The van der Waals surface area contributed by atoms with Crippen molar-refractivity contribution in [1.29, 1.82) is 0 Å². The Morgan fingerprint density at radius 1 is 1.27 bits per heavy atom. The Labute approximate surface area is 91.5 Å². The van der Waals surface area contributed by atoms with Crippen LogP contribution in [0.25, 0.3) is 0 Å². The van der Waals surface area contributed by atoms with E-state index in [1.165, 1.54) is 0 Å². The number of benzene rings is 1. The third kappa shape index (κ3) is 3.63. The summed E-state index contributed by atoms with van der Waals surface area (Å²) in [6, 6.07) is 5.08. The Bertz CT molecular complexity index is 320. The minimum atomic E-state index is -0.175. The van der Waals surface area contributed by atoms with E-state index in [2.05, 4.69) is 13.8 Å². The van der Waals surface area contributed by atoms with Gasteiger partial charge in [-0.2, -0.15) is 0 Å². The van der Waals surface area contributed by atoms with Crippen molar-refractivity contribution >= 4 is 0 Å². The summed E-state index contributed by atoms with van der Waals surface area (Å²) >= 11 is 0. The normalized spacial score (nSPS) is 13.2. The second-order valence-corrected chi connectivity index (χ2v) is 4.60. The third-order valence-corrected chi connectivity index (χ3v) is 2.61. The van der Waals surface area contributed by atoms with Gasteiger partial charge >= 0.3 is 0 Å². The maximum atomic E-state index is 13.5. The number of hydrogen-bond acceptors (Lipinski definition) is 1. The molecule has 0 radical (unpaired) electrons. The van der Waals surface area contributed by atoms with Crippen molar-refractivity contribution in [2.45, 2.75) is 39.7 Å². The van der Waals surface area contributed by atoms with Crippen LogP contribution in [0, 0.1) is 18.7 Å². The quantitative estimate of drug-likeness (QED) is 0.806. The standard InChI is InChI=1S/C13H20FN/c1-9(2)4-7-13(15)11-6-5-10(3)8-12(11)14/h5-6,8-9,13H,4,7,15H2,1-3H3. The lowest BCUT2D eigenvalue weighted by molar-refractivity contribution is 0.491. The molecule has 0 aliphatic carbocycles. The topological polar surface area (TPSA) is 26.0 Å². The van der Waals surface area contributed by atoms with Crippen molar-refractivity contribution in [1.82, 2.24) is 0 Å². The van der Waals surface area contributed by atoms with E-state index in [0.29, 0.717) is 11.5 Å². The molecule has 0 amide bonds.